The minimum atomic E-state index is -0.980. The molecular weight excluding hydrogens is 344 g/mol. The van der Waals surface area contributed by atoms with Gasteiger partial charge in [0.1, 0.15) is 5.69 Å². The minimum Gasteiger partial charge on any atom is -0.450 e. The predicted octanol–water partition coefficient (Wildman–Crippen LogP) is 1.27. The number of carbonyl (C=O) groups excluding carboxylic acids is 3. The van der Waals surface area contributed by atoms with Crippen LogP contribution in [0.2, 0.25) is 0 Å². The average Bonchev–Trinajstić information content (AvgIpc) is 2.62. The van der Waals surface area contributed by atoms with E-state index >= 15 is 0 Å². The fourth-order valence-corrected chi connectivity index (χ4v) is 2.59. The number of hydrogen-bond donors (Lipinski definition) is 2. The highest BCUT2D eigenvalue weighted by molar-refractivity contribution is 6.39. The number of piperidine rings is 1. The zero-order valence-corrected chi connectivity index (χ0v) is 14.3. The molecule has 0 unspecified atom stereocenters. The lowest BCUT2D eigenvalue weighted by molar-refractivity contribution is -0.383. The van der Waals surface area contributed by atoms with Crippen molar-refractivity contribution in [3.05, 3.63) is 34.4 Å². The summed E-state index contributed by atoms with van der Waals surface area (Å²) in [5.41, 5.74) is -0.342. The van der Waals surface area contributed by atoms with E-state index in [1.165, 1.54) is 24.3 Å². The van der Waals surface area contributed by atoms with Crippen molar-refractivity contribution >= 4 is 29.3 Å². The van der Waals surface area contributed by atoms with Gasteiger partial charge in [-0.3, -0.25) is 19.7 Å². The lowest BCUT2D eigenvalue weighted by atomic mass is 10.1. The first-order valence-corrected chi connectivity index (χ1v) is 8.19. The second kappa shape index (κ2) is 8.79. The van der Waals surface area contributed by atoms with Crippen molar-refractivity contribution in [3.63, 3.8) is 0 Å². The summed E-state index contributed by atoms with van der Waals surface area (Å²) in [6.07, 6.45) is 0.582. The van der Waals surface area contributed by atoms with E-state index < -0.39 is 22.8 Å². The maximum absolute atomic E-state index is 12.0. The summed E-state index contributed by atoms with van der Waals surface area (Å²) in [7, 11) is 0. The van der Waals surface area contributed by atoms with Crippen LogP contribution in [-0.4, -0.2) is 53.5 Å². The Morgan fingerprint density at radius 1 is 1.23 bits per heavy atom. The highest BCUT2D eigenvalue weighted by atomic mass is 16.6. The topological polar surface area (TPSA) is 131 Å². The molecule has 1 fully saturated rings. The second-order valence-electron chi connectivity index (χ2n) is 5.66. The summed E-state index contributed by atoms with van der Waals surface area (Å²) in [4.78, 5) is 47.5. The van der Waals surface area contributed by atoms with Gasteiger partial charge in [-0.2, -0.15) is 0 Å². The van der Waals surface area contributed by atoms with Crippen LogP contribution < -0.4 is 10.6 Å². The van der Waals surface area contributed by atoms with Crippen LogP contribution in [0.1, 0.15) is 19.8 Å². The number of nitro groups is 1. The lowest BCUT2D eigenvalue weighted by Gasteiger charge is -2.31. The maximum atomic E-state index is 12.0. The quantitative estimate of drug-likeness (QED) is 0.470. The molecule has 10 heteroatoms. The van der Waals surface area contributed by atoms with Crippen LogP contribution in [0, 0.1) is 10.1 Å². The largest absolute Gasteiger partial charge is 0.450 e. The molecule has 0 saturated carbocycles. The number of nitrogens with zero attached hydrogens (tertiary/aromatic N) is 2. The molecule has 1 heterocycles. The molecule has 1 aliphatic heterocycles. The number of ether oxygens (including phenoxy) is 1. The van der Waals surface area contributed by atoms with Crippen molar-refractivity contribution in [1.82, 2.24) is 10.2 Å². The third-order valence-electron chi connectivity index (χ3n) is 3.91. The molecule has 1 aliphatic rings. The average molecular weight is 364 g/mol. The SMILES string of the molecule is CCOC(=O)N1CCC(NC(=O)C(=O)Nc2ccccc2[N+](=O)[O-])CC1. The van der Waals surface area contributed by atoms with E-state index in [9.17, 15) is 24.5 Å². The number of likely N-dealkylation sites (tertiary alicyclic amines) is 1. The summed E-state index contributed by atoms with van der Waals surface area (Å²) >= 11 is 0. The molecule has 2 rings (SSSR count). The van der Waals surface area contributed by atoms with Crippen molar-refractivity contribution in [2.24, 2.45) is 0 Å². The van der Waals surface area contributed by atoms with E-state index in [4.69, 9.17) is 4.74 Å². The number of para-hydroxylation sites is 2. The lowest BCUT2D eigenvalue weighted by Crippen LogP contribution is -2.49. The van der Waals surface area contributed by atoms with Crippen LogP contribution in [0.25, 0.3) is 0 Å². The molecule has 0 aliphatic carbocycles. The number of rotatable bonds is 4. The number of carbonyl (C=O) groups is 3. The first-order valence-electron chi connectivity index (χ1n) is 8.19. The van der Waals surface area contributed by atoms with Gasteiger partial charge in [0.25, 0.3) is 5.69 Å². The normalized spacial score (nSPS) is 14.4. The van der Waals surface area contributed by atoms with Crippen molar-refractivity contribution in [2.45, 2.75) is 25.8 Å². The third-order valence-corrected chi connectivity index (χ3v) is 3.91. The monoisotopic (exact) mass is 364 g/mol. The van der Waals surface area contributed by atoms with Gasteiger partial charge in [0, 0.05) is 25.2 Å². The van der Waals surface area contributed by atoms with Crippen molar-refractivity contribution in [3.8, 4) is 0 Å². The zero-order chi connectivity index (χ0) is 19.1. The Bertz CT molecular complexity index is 700. The molecule has 1 aromatic carbocycles. The molecule has 1 aromatic rings. The van der Waals surface area contributed by atoms with Crippen LogP contribution in [0.15, 0.2) is 24.3 Å². The summed E-state index contributed by atoms with van der Waals surface area (Å²) in [6, 6.07) is 5.31. The van der Waals surface area contributed by atoms with Gasteiger partial charge in [0.15, 0.2) is 0 Å². The van der Waals surface area contributed by atoms with Crippen molar-refractivity contribution in [2.75, 3.05) is 25.0 Å². The number of benzene rings is 1. The van der Waals surface area contributed by atoms with E-state index in [-0.39, 0.29) is 17.4 Å². The molecule has 0 aromatic heterocycles. The molecule has 10 nitrogen and oxygen atoms in total. The van der Waals surface area contributed by atoms with E-state index in [1.54, 1.807) is 11.8 Å². The third kappa shape index (κ3) is 4.91. The van der Waals surface area contributed by atoms with Gasteiger partial charge in [-0.15, -0.1) is 0 Å². The minimum absolute atomic E-state index is 0.0465. The molecule has 0 atom stereocenters. The Morgan fingerprint density at radius 2 is 1.88 bits per heavy atom. The Labute approximate surface area is 149 Å². The smallest absolute Gasteiger partial charge is 0.409 e. The maximum Gasteiger partial charge on any atom is 0.409 e. The Hall–Kier alpha value is -3.17. The number of amides is 3. The van der Waals surface area contributed by atoms with E-state index in [1.807, 2.05) is 0 Å². The van der Waals surface area contributed by atoms with Gasteiger partial charge in [-0.1, -0.05) is 12.1 Å². The molecule has 2 N–H and O–H groups in total. The number of nitrogens with one attached hydrogen (secondary N) is 2. The van der Waals surface area contributed by atoms with Gasteiger partial charge in [0.2, 0.25) is 0 Å². The van der Waals surface area contributed by atoms with E-state index in [2.05, 4.69) is 10.6 Å². The van der Waals surface area contributed by atoms with E-state index in [0.29, 0.717) is 32.5 Å². The van der Waals surface area contributed by atoms with Gasteiger partial charge in [0.05, 0.1) is 11.5 Å². The summed E-state index contributed by atoms with van der Waals surface area (Å²) < 4.78 is 4.91. The van der Waals surface area contributed by atoms with Crippen LogP contribution >= 0.6 is 0 Å². The van der Waals surface area contributed by atoms with Crippen LogP contribution in [0.5, 0.6) is 0 Å². The molecule has 1 saturated heterocycles. The van der Waals surface area contributed by atoms with E-state index in [0.717, 1.165) is 0 Å². The van der Waals surface area contributed by atoms with Crippen molar-refractivity contribution < 1.29 is 24.0 Å². The molecular formula is C16H20N4O6. The Balaban J connectivity index is 1.86. The van der Waals surface area contributed by atoms with Gasteiger partial charge < -0.3 is 20.3 Å². The first kappa shape index (κ1) is 19.2. The van der Waals surface area contributed by atoms with Crippen LogP contribution in [-0.2, 0) is 14.3 Å². The van der Waals surface area contributed by atoms with Crippen LogP contribution in [0.3, 0.4) is 0 Å². The van der Waals surface area contributed by atoms with Gasteiger partial charge in [-0.25, -0.2) is 4.79 Å². The number of anilines is 1. The highest BCUT2D eigenvalue weighted by Crippen LogP contribution is 2.23. The van der Waals surface area contributed by atoms with Gasteiger partial charge >= 0.3 is 17.9 Å². The standard InChI is InChI=1S/C16H20N4O6/c1-2-26-16(23)19-9-7-11(8-10-19)17-14(21)15(22)18-12-5-3-4-6-13(12)20(24)25/h3-6,11H,2,7-10H2,1H3,(H,17,21)(H,18,22). The van der Waals surface area contributed by atoms with Crippen molar-refractivity contribution in [1.29, 1.82) is 0 Å². The second-order valence-corrected chi connectivity index (χ2v) is 5.66. The summed E-state index contributed by atoms with van der Waals surface area (Å²) in [5, 5.41) is 15.8. The predicted molar refractivity (Wildman–Crippen MR) is 91.5 cm³/mol. The molecule has 26 heavy (non-hydrogen) atoms. The Kier molecular flexibility index (Phi) is 6.48. The fourth-order valence-electron chi connectivity index (χ4n) is 2.59. The molecule has 0 bridgehead atoms. The summed E-state index contributed by atoms with van der Waals surface area (Å²) in [6.45, 7) is 2.84. The zero-order valence-electron chi connectivity index (χ0n) is 14.3. The van der Waals surface area contributed by atoms with Crippen LogP contribution in [0.4, 0.5) is 16.2 Å². The number of nitro benzene ring substituents is 1. The molecule has 0 radical (unpaired) electrons. The summed E-state index contributed by atoms with van der Waals surface area (Å²) in [5.74, 6) is -1.86. The number of hydrogen-bond acceptors (Lipinski definition) is 6. The highest BCUT2D eigenvalue weighted by Gasteiger charge is 2.27. The van der Waals surface area contributed by atoms with Gasteiger partial charge in [-0.05, 0) is 25.8 Å². The molecule has 3 amide bonds. The fraction of sp³-hybridized carbons (Fsp3) is 0.438. The molecule has 140 valence electrons. The molecule has 0 spiro atoms. The first-order chi connectivity index (χ1) is 12.4. The Morgan fingerprint density at radius 3 is 2.50 bits per heavy atom.